The second-order valence-corrected chi connectivity index (χ2v) is 5.15. The summed E-state index contributed by atoms with van der Waals surface area (Å²) in [5, 5.41) is 11.0. The monoisotopic (exact) mass is 255 g/mol. The molecule has 1 fully saturated rings. The van der Waals surface area contributed by atoms with Crippen LogP contribution in [0.15, 0.2) is 17.5 Å². The molecule has 1 amide bonds. The summed E-state index contributed by atoms with van der Waals surface area (Å²) in [5.41, 5.74) is -1.37. The second kappa shape index (κ2) is 4.46. The van der Waals surface area contributed by atoms with Gasteiger partial charge < -0.3 is 14.7 Å². The van der Waals surface area contributed by atoms with Crippen molar-refractivity contribution < 1.29 is 19.4 Å². The van der Waals surface area contributed by atoms with Crippen molar-refractivity contribution >= 4 is 23.2 Å². The molecule has 0 unspecified atom stereocenters. The zero-order chi connectivity index (χ0) is 12.5. The fourth-order valence-corrected chi connectivity index (χ4v) is 2.48. The number of aliphatic carboxylic acids is 1. The number of carboxylic acids is 1. The van der Waals surface area contributed by atoms with E-state index in [9.17, 15) is 9.59 Å². The summed E-state index contributed by atoms with van der Waals surface area (Å²) >= 11 is 1.54. The number of carbonyl (C=O) groups excluding carboxylic acids is 1. The molecule has 2 heterocycles. The van der Waals surface area contributed by atoms with Gasteiger partial charge >= 0.3 is 5.97 Å². The lowest BCUT2D eigenvalue weighted by Gasteiger charge is -2.38. The van der Waals surface area contributed by atoms with Crippen molar-refractivity contribution in [2.24, 2.45) is 5.41 Å². The minimum absolute atomic E-state index is 0.0318. The van der Waals surface area contributed by atoms with Gasteiger partial charge in [-0.25, -0.2) is 0 Å². The lowest BCUT2D eigenvalue weighted by atomic mass is 9.84. The average molecular weight is 255 g/mol. The van der Waals surface area contributed by atoms with Gasteiger partial charge in [0.2, 0.25) is 5.91 Å². The van der Waals surface area contributed by atoms with Crippen LogP contribution in [-0.2, 0) is 20.9 Å². The van der Waals surface area contributed by atoms with Gasteiger partial charge in [-0.05, 0) is 11.4 Å². The van der Waals surface area contributed by atoms with Crippen LogP contribution in [0.4, 0.5) is 0 Å². The maximum absolute atomic E-state index is 12.1. The molecule has 1 aliphatic heterocycles. The lowest BCUT2D eigenvalue weighted by Crippen LogP contribution is -2.59. The molecular weight excluding hydrogens is 242 g/mol. The minimum atomic E-state index is -1.37. The number of carbonyl (C=O) groups is 2. The van der Waals surface area contributed by atoms with E-state index >= 15 is 0 Å². The van der Waals surface area contributed by atoms with Crippen LogP contribution in [-0.4, -0.2) is 42.1 Å². The number of thiophene rings is 1. The van der Waals surface area contributed by atoms with Crippen LogP contribution in [0, 0.1) is 5.41 Å². The number of hydrogen-bond acceptors (Lipinski definition) is 4. The Hall–Kier alpha value is -1.40. The first-order valence-electron chi connectivity index (χ1n) is 5.15. The van der Waals surface area contributed by atoms with Crippen molar-refractivity contribution in [1.29, 1.82) is 0 Å². The van der Waals surface area contributed by atoms with Gasteiger partial charge in [-0.15, -0.1) is 11.3 Å². The van der Waals surface area contributed by atoms with E-state index in [1.165, 1.54) is 4.90 Å². The predicted octanol–water partition coefficient (Wildman–Crippen LogP) is 0.808. The molecule has 0 aromatic carbocycles. The van der Waals surface area contributed by atoms with E-state index in [2.05, 4.69) is 0 Å². The number of ether oxygens (including phenoxy) is 1. The first-order valence-corrected chi connectivity index (χ1v) is 6.03. The van der Waals surface area contributed by atoms with Crippen molar-refractivity contribution in [3.8, 4) is 0 Å². The van der Waals surface area contributed by atoms with E-state index in [1.54, 1.807) is 18.4 Å². The molecule has 6 heteroatoms. The molecule has 5 nitrogen and oxygen atoms in total. The van der Waals surface area contributed by atoms with E-state index in [1.807, 2.05) is 17.5 Å². The highest BCUT2D eigenvalue weighted by atomic mass is 32.1. The van der Waals surface area contributed by atoms with Crippen LogP contribution < -0.4 is 0 Å². The van der Waals surface area contributed by atoms with Gasteiger partial charge in [0.15, 0.2) is 5.41 Å². The Kier molecular flexibility index (Phi) is 3.17. The fourth-order valence-electron chi connectivity index (χ4n) is 1.72. The fraction of sp³-hybridized carbons (Fsp3) is 0.455. The van der Waals surface area contributed by atoms with E-state index in [-0.39, 0.29) is 19.1 Å². The van der Waals surface area contributed by atoms with Gasteiger partial charge in [0.25, 0.3) is 0 Å². The SMILES string of the molecule is CN(Cc1cccs1)C(=O)C1(C(=O)O)COC1. The van der Waals surface area contributed by atoms with Gasteiger partial charge in [-0.1, -0.05) is 6.07 Å². The molecule has 1 aliphatic rings. The third-order valence-corrected chi connectivity index (χ3v) is 3.70. The Bertz CT molecular complexity index is 425. The summed E-state index contributed by atoms with van der Waals surface area (Å²) in [6.07, 6.45) is 0. The number of carboxylic acid groups (broad SMARTS) is 1. The lowest BCUT2D eigenvalue weighted by molar-refractivity contribution is -0.190. The third kappa shape index (κ3) is 2.05. The van der Waals surface area contributed by atoms with Crippen LogP contribution in [0.3, 0.4) is 0 Å². The standard InChI is InChI=1S/C11H13NO4S/c1-12(5-8-3-2-4-17-8)9(13)11(10(14)15)6-16-7-11/h2-4H,5-7H2,1H3,(H,14,15). The topological polar surface area (TPSA) is 66.8 Å². The molecule has 1 aromatic heterocycles. The maximum atomic E-state index is 12.1. The van der Waals surface area contributed by atoms with Crippen molar-refractivity contribution in [3.63, 3.8) is 0 Å². The molecule has 0 atom stereocenters. The predicted molar refractivity (Wildman–Crippen MR) is 61.7 cm³/mol. The van der Waals surface area contributed by atoms with Crippen LogP contribution in [0.1, 0.15) is 4.88 Å². The quantitative estimate of drug-likeness (QED) is 0.808. The molecule has 1 N–H and O–H groups in total. The summed E-state index contributed by atoms with van der Waals surface area (Å²) in [6.45, 7) is 0.372. The molecule has 17 heavy (non-hydrogen) atoms. The third-order valence-electron chi connectivity index (χ3n) is 2.84. The number of amides is 1. The Balaban J connectivity index is 2.06. The van der Waals surface area contributed by atoms with Crippen molar-refractivity contribution in [2.75, 3.05) is 20.3 Å². The Morgan fingerprint density at radius 3 is 2.71 bits per heavy atom. The van der Waals surface area contributed by atoms with Crippen LogP contribution in [0.25, 0.3) is 0 Å². The van der Waals surface area contributed by atoms with Crippen LogP contribution in [0.2, 0.25) is 0 Å². The first-order chi connectivity index (χ1) is 8.06. The summed E-state index contributed by atoms with van der Waals surface area (Å²) < 4.78 is 4.88. The van der Waals surface area contributed by atoms with Crippen molar-refractivity contribution in [1.82, 2.24) is 4.90 Å². The van der Waals surface area contributed by atoms with Gasteiger partial charge in [0.1, 0.15) is 0 Å². The zero-order valence-electron chi connectivity index (χ0n) is 9.38. The van der Waals surface area contributed by atoms with E-state index in [0.29, 0.717) is 6.54 Å². The van der Waals surface area contributed by atoms with E-state index < -0.39 is 11.4 Å². The molecule has 92 valence electrons. The molecule has 0 aliphatic carbocycles. The normalized spacial score (nSPS) is 17.2. The smallest absolute Gasteiger partial charge is 0.324 e. The van der Waals surface area contributed by atoms with Crippen molar-refractivity contribution in [3.05, 3.63) is 22.4 Å². The molecule has 0 bridgehead atoms. The highest BCUT2D eigenvalue weighted by Crippen LogP contribution is 2.30. The van der Waals surface area contributed by atoms with Crippen molar-refractivity contribution in [2.45, 2.75) is 6.54 Å². The van der Waals surface area contributed by atoms with Gasteiger partial charge in [-0.3, -0.25) is 9.59 Å². The van der Waals surface area contributed by atoms with Crippen LogP contribution in [0.5, 0.6) is 0 Å². The largest absolute Gasteiger partial charge is 0.480 e. The first kappa shape index (κ1) is 12.1. The summed E-state index contributed by atoms with van der Waals surface area (Å²) in [7, 11) is 1.62. The number of rotatable bonds is 4. The Morgan fingerprint density at radius 1 is 1.59 bits per heavy atom. The molecule has 0 radical (unpaired) electrons. The molecule has 0 spiro atoms. The summed E-state index contributed by atoms with van der Waals surface area (Å²) in [5.74, 6) is -1.49. The minimum Gasteiger partial charge on any atom is -0.480 e. The summed E-state index contributed by atoms with van der Waals surface area (Å²) in [4.78, 5) is 25.7. The highest BCUT2D eigenvalue weighted by Gasteiger charge is 2.54. The Labute approximate surface area is 103 Å². The molecule has 2 rings (SSSR count). The zero-order valence-corrected chi connectivity index (χ0v) is 10.2. The van der Waals surface area contributed by atoms with Gasteiger partial charge in [-0.2, -0.15) is 0 Å². The summed E-state index contributed by atoms with van der Waals surface area (Å²) in [6, 6.07) is 3.82. The van der Waals surface area contributed by atoms with E-state index in [4.69, 9.17) is 9.84 Å². The molecular formula is C11H13NO4S. The molecule has 1 aromatic rings. The van der Waals surface area contributed by atoms with Crippen LogP contribution >= 0.6 is 11.3 Å². The Morgan fingerprint density at radius 2 is 2.29 bits per heavy atom. The molecule has 1 saturated heterocycles. The highest BCUT2D eigenvalue weighted by molar-refractivity contribution is 7.09. The molecule has 0 saturated carbocycles. The number of nitrogens with zero attached hydrogens (tertiary/aromatic N) is 1. The van der Waals surface area contributed by atoms with E-state index in [0.717, 1.165) is 4.88 Å². The van der Waals surface area contributed by atoms with Gasteiger partial charge in [0.05, 0.1) is 19.8 Å². The average Bonchev–Trinajstić information content (AvgIpc) is 2.67. The maximum Gasteiger partial charge on any atom is 0.324 e. The second-order valence-electron chi connectivity index (χ2n) is 4.12. The van der Waals surface area contributed by atoms with Gasteiger partial charge in [0, 0.05) is 11.9 Å². The number of hydrogen-bond donors (Lipinski definition) is 1.